The Morgan fingerprint density at radius 3 is 2.83 bits per heavy atom. The van der Waals surface area contributed by atoms with E-state index < -0.39 is 0 Å². The van der Waals surface area contributed by atoms with Crippen molar-refractivity contribution in [2.45, 2.75) is 13.0 Å². The number of aromatic nitrogens is 1. The Kier molecular flexibility index (Phi) is 4.23. The van der Waals surface area contributed by atoms with E-state index in [0.717, 1.165) is 11.1 Å². The molecule has 1 aliphatic heterocycles. The van der Waals surface area contributed by atoms with Crippen LogP contribution in [0.25, 0.3) is 0 Å². The van der Waals surface area contributed by atoms with Crippen molar-refractivity contribution in [2.75, 3.05) is 18.6 Å². The van der Waals surface area contributed by atoms with Crippen LogP contribution in [0.15, 0.2) is 42.7 Å². The highest BCUT2D eigenvalue weighted by molar-refractivity contribution is 5.97. The quantitative estimate of drug-likeness (QED) is 0.924. The van der Waals surface area contributed by atoms with Gasteiger partial charge in [-0.25, -0.2) is 0 Å². The summed E-state index contributed by atoms with van der Waals surface area (Å²) in [5.74, 6) is 0.484. The zero-order valence-electron chi connectivity index (χ0n) is 12.8. The number of rotatable bonds is 4. The number of hydrogen-bond donors (Lipinski definition) is 1. The van der Waals surface area contributed by atoms with E-state index >= 15 is 0 Å². The molecule has 0 spiro atoms. The number of benzene rings is 1. The first-order valence-corrected chi connectivity index (χ1v) is 7.31. The van der Waals surface area contributed by atoms with Crippen molar-refractivity contribution < 1.29 is 14.3 Å². The van der Waals surface area contributed by atoms with Crippen LogP contribution in [0.4, 0.5) is 5.69 Å². The Hall–Kier alpha value is -2.89. The maximum Gasteiger partial charge on any atom is 0.264 e. The van der Waals surface area contributed by atoms with Crippen molar-refractivity contribution in [3.05, 3.63) is 53.9 Å². The molecular weight excluding hydrogens is 294 g/mol. The minimum absolute atomic E-state index is 0.0509. The Labute approximate surface area is 134 Å². The largest absolute Gasteiger partial charge is 0.482 e. The van der Waals surface area contributed by atoms with Gasteiger partial charge in [0.15, 0.2) is 6.61 Å². The summed E-state index contributed by atoms with van der Waals surface area (Å²) in [6.07, 6.45) is 3.63. The number of fused-ring (bicyclic) bond motifs is 1. The van der Waals surface area contributed by atoms with Crippen LogP contribution in [0.2, 0.25) is 0 Å². The monoisotopic (exact) mass is 311 g/mol. The molecule has 0 atom stereocenters. The van der Waals surface area contributed by atoms with E-state index in [9.17, 15) is 9.59 Å². The van der Waals surface area contributed by atoms with Gasteiger partial charge < -0.3 is 15.0 Å². The summed E-state index contributed by atoms with van der Waals surface area (Å²) in [4.78, 5) is 29.2. The lowest BCUT2D eigenvalue weighted by Crippen LogP contribution is -2.35. The predicted molar refractivity (Wildman–Crippen MR) is 85.1 cm³/mol. The van der Waals surface area contributed by atoms with Crippen LogP contribution < -0.4 is 15.0 Å². The van der Waals surface area contributed by atoms with E-state index in [-0.39, 0.29) is 24.8 Å². The molecule has 0 saturated heterocycles. The smallest absolute Gasteiger partial charge is 0.264 e. The maximum atomic E-state index is 12.1. The first kappa shape index (κ1) is 15.0. The molecule has 1 N–H and O–H groups in total. The average molecular weight is 311 g/mol. The second kappa shape index (κ2) is 6.48. The van der Waals surface area contributed by atoms with E-state index in [1.165, 1.54) is 0 Å². The number of ether oxygens (including phenoxy) is 1. The molecule has 3 rings (SSSR count). The fraction of sp³-hybridized carbons (Fsp3) is 0.235. The van der Waals surface area contributed by atoms with Gasteiger partial charge in [0.2, 0.25) is 5.91 Å². The number of nitrogens with one attached hydrogen (secondary N) is 1. The van der Waals surface area contributed by atoms with E-state index in [0.29, 0.717) is 18.0 Å². The third kappa shape index (κ3) is 3.48. The summed E-state index contributed by atoms with van der Waals surface area (Å²) in [5.41, 5.74) is 2.53. The van der Waals surface area contributed by atoms with Gasteiger partial charge in [-0.2, -0.15) is 0 Å². The normalized spacial score (nSPS) is 13.3. The van der Waals surface area contributed by atoms with Gasteiger partial charge in [-0.15, -0.1) is 0 Å². The topological polar surface area (TPSA) is 71.5 Å². The van der Waals surface area contributed by atoms with Gasteiger partial charge in [0.25, 0.3) is 5.91 Å². The van der Waals surface area contributed by atoms with Crippen molar-refractivity contribution in [3.63, 3.8) is 0 Å². The summed E-state index contributed by atoms with van der Waals surface area (Å²) in [6.45, 7) is 0.517. The van der Waals surface area contributed by atoms with E-state index in [1.807, 2.05) is 24.3 Å². The number of amides is 2. The fourth-order valence-electron chi connectivity index (χ4n) is 2.38. The summed E-state index contributed by atoms with van der Waals surface area (Å²) < 4.78 is 5.37. The first-order valence-electron chi connectivity index (χ1n) is 7.31. The van der Waals surface area contributed by atoms with Crippen LogP contribution in [-0.4, -0.2) is 30.5 Å². The van der Waals surface area contributed by atoms with Gasteiger partial charge in [-0.3, -0.25) is 14.6 Å². The molecule has 0 radical (unpaired) electrons. The SMILES string of the molecule is CN1C(=O)COc2ccc(CC(=O)NCc3ccncc3)cc21. The van der Waals surface area contributed by atoms with Gasteiger partial charge in [-0.1, -0.05) is 6.07 Å². The van der Waals surface area contributed by atoms with Crippen LogP contribution in [0, 0.1) is 0 Å². The van der Waals surface area contributed by atoms with Crippen LogP contribution in [0.5, 0.6) is 5.75 Å². The zero-order chi connectivity index (χ0) is 16.2. The standard InChI is InChI=1S/C17H17N3O3/c1-20-14-8-13(2-3-15(14)23-11-17(20)22)9-16(21)19-10-12-4-6-18-7-5-12/h2-8H,9-11H2,1H3,(H,19,21). The lowest BCUT2D eigenvalue weighted by Gasteiger charge is -2.26. The van der Waals surface area contributed by atoms with Crippen molar-refractivity contribution in [2.24, 2.45) is 0 Å². The second-order valence-corrected chi connectivity index (χ2v) is 5.35. The lowest BCUT2D eigenvalue weighted by molar-refractivity contribution is -0.121. The highest BCUT2D eigenvalue weighted by Crippen LogP contribution is 2.32. The molecule has 2 heterocycles. The van der Waals surface area contributed by atoms with Crippen molar-refractivity contribution in [3.8, 4) is 5.75 Å². The number of carbonyl (C=O) groups excluding carboxylic acids is 2. The van der Waals surface area contributed by atoms with Crippen molar-refractivity contribution in [1.82, 2.24) is 10.3 Å². The molecule has 2 aromatic rings. The molecule has 0 saturated carbocycles. The van der Waals surface area contributed by atoms with Crippen LogP contribution in [0.1, 0.15) is 11.1 Å². The van der Waals surface area contributed by atoms with Crippen LogP contribution >= 0.6 is 0 Å². The first-order chi connectivity index (χ1) is 11.1. The summed E-state index contributed by atoms with van der Waals surface area (Å²) in [7, 11) is 1.71. The number of likely N-dealkylation sites (N-methyl/N-ethyl adjacent to an activating group) is 1. The molecule has 6 nitrogen and oxygen atoms in total. The Balaban J connectivity index is 1.64. The molecule has 0 aliphatic carbocycles. The summed E-state index contributed by atoms with van der Waals surface area (Å²) in [6, 6.07) is 9.17. The molecule has 23 heavy (non-hydrogen) atoms. The third-order valence-electron chi connectivity index (χ3n) is 3.71. The number of pyridine rings is 1. The van der Waals surface area contributed by atoms with E-state index in [1.54, 1.807) is 30.4 Å². The van der Waals surface area contributed by atoms with E-state index in [4.69, 9.17) is 4.74 Å². The van der Waals surface area contributed by atoms with E-state index in [2.05, 4.69) is 10.3 Å². The molecule has 6 heteroatoms. The van der Waals surface area contributed by atoms with Gasteiger partial charge in [0, 0.05) is 26.0 Å². The molecule has 0 bridgehead atoms. The minimum Gasteiger partial charge on any atom is -0.482 e. The van der Waals surface area contributed by atoms with Crippen molar-refractivity contribution >= 4 is 17.5 Å². The van der Waals surface area contributed by atoms with Crippen LogP contribution in [-0.2, 0) is 22.6 Å². The Morgan fingerprint density at radius 2 is 2.04 bits per heavy atom. The van der Waals surface area contributed by atoms with Gasteiger partial charge in [0.1, 0.15) is 5.75 Å². The molecule has 118 valence electrons. The predicted octanol–water partition coefficient (Wildman–Crippen LogP) is 1.30. The summed E-state index contributed by atoms with van der Waals surface area (Å²) >= 11 is 0. The zero-order valence-corrected chi connectivity index (χ0v) is 12.8. The van der Waals surface area contributed by atoms with Gasteiger partial charge in [-0.05, 0) is 35.4 Å². The maximum absolute atomic E-state index is 12.1. The van der Waals surface area contributed by atoms with Crippen molar-refractivity contribution in [1.29, 1.82) is 0 Å². The highest BCUT2D eigenvalue weighted by Gasteiger charge is 2.22. The number of carbonyl (C=O) groups is 2. The molecule has 1 aliphatic rings. The lowest BCUT2D eigenvalue weighted by atomic mass is 10.1. The molecule has 0 fully saturated rings. The Morgan fingerprint density at radius 1 is 1.26 bits per heavy atom. The molecule has 1 aromatic heterocycles. The van der Waals surface area contributed by atoms with Gasteiger partial charge in [0.05, 0.1) is 12.1 Å². The summed E-state index contributed by atoms with van der Waals surface area (Å²) in [5, 5.41) is 2.87. The number of nitrogens with zero attached hydrogens (tertiary/aromatic N) is 2. The second-order valence-electron chi connectivity index (χ2n) is 5.35. The number of hydrogen-bond acceptors (Lipinski definition) is 4. The molecular formula is C17H17N3O3. The number of anilines is 1. The average Bonchev–Trinajstić information content (AvgIpc) is 2.58. The Bertz CT molecular complexity index is 731. The molecule has 1 aromatic carbocycles. The fourth-order valence-corrected chi connectivity index (χ4v) is 2.38. The molecule has 0 unspecified atom stereocenters. The third-order valence-corrected chi connectivity index (χ3v) is 3.71. The minimum atomic E-state index is -0.100. The van der Waals surface area contributed by atoms with Gasteiger partial charge >= 0.3 is 0 Å². The van der Waals surface area contributed by atoms with Crippen LogP contribution in [0.3, 0.4) is 0 Å². The highest BCUT2D eigenvalue weighted by atomic mass is 16.5. The molecule has 2 amide bonds.